The monoisotopic (exact) mass is 369 g/mol. The van der Waals surface area contributed by atoms with Crippen LogP contribution >= 0.6 is 0 Å². The van der Waals surface area contributed by atoms with Crippen LogP contribution in [0.25, 0.3) is 0 Å². The number of aromatic nitrogens is 1. The van der Waals surface area contributed by atoms with Gasteiger partial charge in [0.05, 0.1) is 5.69 Å². The van der Waals surface area contributed by atoms with Crippen LogP contribution in [-0.2, 0) is 13.0 Å². The largest absolute Gasteiger partial charge is 0.364 e. The maximum absolute atomic E-state index is 4.93. The number of piperazine rings is 1. The third kappa shape index (κ3) is 5.57. The molecule has 1 fully saturated rings. The van der Waals surface area contributed by atoms with Crippen LogP contribution < -0.4 is 5.32 Å². The molecule has 1 N–H and O–H groups in total. The second kappa shape index (κ2) is 9.55. The summed E-state index contributed by atoms with van der Waals surface area (Å²) < 4.78 is 4.93. The van der Waals surface area contributed by atoms with Crippen molar-refractivity contribution in [1.29, 1.82) is 0 Å². The van der Waals surface area contributed by atoms with Gasteiger partial charge in [-0.15, -0.1) is 0 Å². The molecule has 2 aromatic rings. The Morgan fingerprint density at radius 3 is 2.67 bits per heavy atom. The Morgan fingerprint density at radius 2 is 2.00 bits per heavy atom. The van der Waals surface area contributed by atoms with E-state index in [1.165, 1.54) is 16.7 Å². The summed E-state index contributed by atoms with van der Waals surface area (Å²) in [6.07, 6.45) is 2.62. The number of hydrogen-bond donors (Lipinski definition) is 1. The molecule has 2 heterocycles. The van der Waals surface area contributed by atoms with Crippen LogP contribution in [0.15, 0.2) is 40.0 Å². The van der Waals surface area contributed by atoms with Crippen LogP contribution in [0.2, 0.25) is 0 Å². The smallest absolute Gasteiger partial charge is 0.194 e. The van der Waals surface area contributed by atoms with E-state index < -0.39 is 0 Å². The zero-order chi connectivity index (χ0) is 19.1. The van der Waals surface area contributed by atoms with Crippen LogP contribution in [0, 0.1) is 13.8 Å². The van der Waals surface area contributed by atoms with Crippen LogP contribution in [0.3, 0.4) is 0 Å². The SMILES string of the molecule is CCNC(=NCCc1ccc(C)cc1C)N1CCN(Cc2ccon2)CC1. The van der Waals surface area contributed by atoms with Gasteiger partial charge in [0.1, 0.15) is 6.26 Å². The number of nitrogens with one attached hydrogen (secondary N) is 1. The van der Waals surface area contributed by atoms with Gasteiger partial charge in [-0.2, -0.15) is 0 Å². The molecule has 1 aromatic carbocycles. The first-order valence-electron chi connectivity index (χ1n) is 9.86. The summed E-state index contributed by atoms with van der Waals surface area (Å²) in [5.41, 5.74) is 5.06. The molecule has 0 aliphatic carbocycles. The highest BCUT2D eigenvalue weighted by Crippen LogP contribution is 2.12. The van der Waals surface area contributed by atoms with Crippen molar-refractivity contribution in [1.82, 2.24) is 20.3 Å². The van der Waals surface area contributed by atoms with Crippen molar-refractivity contribution in [2.24, 2.45) is 4.99 Å². The summed E-state index contributed by atoms with van der Waals surface area (Å²) in [7, 11) is 0. The molecule has 3 rings (SSSR count). The van der Waals surface area contributed by atoms with Gasteiger partial charge in [0.15, 0.2) is 5.96 Å². The molecule has 27 heavy (non-hydrogen) atoms. The number of nitrogens with zero attached hydrogens (tertiary/aromatic N) is 4. The molecular formula is C21H31N5O. The van der Waals surface area contributed by atoms with Gasteiger partial charge in [-0.1, -0.05) is 28.9 Å². The van der Waals surface area contributed by atoms with Gasteiger partial charge in [-0.3, -0.25) is 9.89 Å². The molecule has 0 amide bonds. The van der Waals surface area contributed by atoms with Crippen molar-refractivity contribution in [2.75, 3.05) is 39.3 Å². The van der Waals surface area contributed by atoms with Crippen molar-refractivity contribution < 1.29 is 4.52 Å². The lowest BCUT2D eigenvalue weighted by molar-refractivity contribution is 0.169. The number of guanidine groups is 1. The Labute approximate surface area is 162 Å². The fourth-order valence-electron chi connectivity index (χ4n) is 3.50. The molecule has 6 nitrogen and oxygen atoms in total. The Morgan fingerprint density at radius 1 is 1.19 bits per heavy atom. The summed E-state index contributed by atoms with van der Waals surface area (Å²) in [5, 5.41) is 7.46. The maximum Gasteiger partial charge on any atom is 0.194 e. The molecule has 0 unspecified atom stereocenters. The molecule has 6 heteroatoms. The van der Waals surface area contributed by atoms with Gasteiger partial charge < -0.3 is 14.7 Å². The summed E-state index contributed by atoms with van der Waals surface area (Å²) in [6.45, 7) is 13.0. The zero-order valence-electron chi connectivity index (χ0n) is 16.7. The fraction of sp³-hybridized carbons (Fsp3) is 0.524. The minimum absolute atomic E-state index is 0.811. The van der Waals surface area contributed by atoms with Crippen LogP contribution in [0.5, 0.6) is 0 Å². The highest BCUT2D eigenvalue weighted by molar-refractivity contribution is 5.80. The average molecular weight is 370 g/mol. The fourth-order valence-corrected chi connectivity index (χ4v) is 3.50. The second-order valence-corrected chi connectivity index (χ2v) is 7.17. The number of benzene rings is 1. The van der Waals surface area contributed by atoms with Gasteiger partial charge in [-0.05, 0) is 38.3 Å². The van der Waals surface area contributed by atoms with Gasteiger partial charge in [0, 0.05) is 51.9 Å². The van der Waals surface area contributed by atoms with E-state index in [0.717, 1.165) is 63.9 Å². The van der Waals surface area contributed by atoms with E-state index in [2.05, 4.69) is 59.2 Å². The van der Waals surface area contributed by atoms with E-state index in [9.17, 15) is 0 Å². The standard InChI is InChI=1S/C21H31N5O/c1-4-22-21(23-9-7-19-6-5-17(2)15-18(19)3)26-12-10-25(11-13-26)16-20-8-14-27-24-20/h5-6,8,14-15H,4,7,9-13,16H2,1-3H3,(H,22,23). The molecule has 1 aliphatic heterocycles. The molecule has 0 spiro atoms. The van der Waals surface area contributed by atoms with Crippen molar-refractivity contribution in [3.8, 4) is 0 Å². The van der Waals surface area contributed by atoms with Gasteiger partial charge in [0.25, 0.3) is 0 Å². The topological polar surface area (TPSA) is 56.9 Å². The van der Waals surface area contributed by atoms with Crippen molar-refractivity contribution >= 4 is 5.96 Å². The van der Waals surface area contributed by atoms with Crippen molar-refractivity contribution in [2.45, 2.75) is 33.7 Å². The van der Waals surface area contributed by atoms with Gasteiger partial charge in [0.2, 0.25) is 0 Å². The van der Waals surface area contributed by atoms with Crippen molar-refractivity contribution in [3.63, 3.8) is 0 Å². The molecular weight excluding hydrogens is 338 g/mol. The zero-order valence-corrected chi connectivity index (χ0v) is 16.7. The molecule has 0 radical (unpaired) electrons. The second-order valence-electron chi connectivity index (χ2n) is 7.17. The molecule has 0 saturated carbocycles. The number of aliphatic imine (C=N–C) groups is 1. The molecule has 1 saturated heterocycles. The van der Waals surface area contributed by atoms with Gasteiger partial charge >= 0.3 is 0 Å². The average Bonchev–Trinajstić information content (AvgIpc) is 3.16. The van der Waals surface area contributed by atoms with Crippen LogP contribution in [0.1, 0.15) is 29.3 Å². The molecule has 0 bridgehead atoms. The van der Waals surface area contributed by atoms with E-state index in [0.29, 0.717) is 0 Å². The lowest BCUT2D eigenvalue weighted by atomic mass is 10.0. The quantitative estimate of drug-likeness (QED) is 0.627. The Balaban J connectivity index is 1.53. The van der Waals surface area contributed by atoms with Gasteiger partial charge in [-0.25, -0.2) is 0 Å². The van der Waals surface area contributed by atoms with Crippen molar-refractivity contribution in [3.05, 3.63) is 52.9 Å². The highest BCUT2D eigenvalue weighted by atomic mass is 16.5. The summed E-state index contributed by atoms with van der Waals surface area (Å²) in [5.74, 6) is 1.03. The minimum Gasteiger partial charge on any atom is -0.364 e. The predicted octanol–water partition coefficient (Wildman–Crippen LogP) is 2.62. The van der Waals surface area contributed by atoms with E-state index in [1.54, 1.807) is 6.26 Å². The van der Waals surface area contributed by atoms with Crippen LogP contribution in [0.4, 0.5) is 0 Å². The van der Waals surface area contributed by atoms with E-state index in [-0.39, 0.29) is 0 Å². The Kier molecular flexibility index (Phi) is 6.87. The lowest BCUT2D eigenvalue weighted by Gasteiger charge is -2.36. The molecule has 1 aliphatic rings. The summed E-state index contributed by atoms with van der Waals surface area (Å²) in [4.78, 5) is 9.66. The lowest BCUT2D eigenvalue weighted by Crippen LogP contribution is -2.52. The third-order valence-corrected chi connectivity index (χ3v) is 5.02. The molecule has 1 aromatic heterocycles. The Bertz CT molecular complexity index is 733. The minimum atomic E-state index is 0.811. The number of rotatable bonds is 6. The van der Waals surface area contributed by atoms with Crippen LogP contribution in [-0.4, -0.2) is 60.2 Å². The Hall–Kier alpha value is -2.34. The first kappa shape index (κ1) is 19.4. The van der Waals surface area contributed by atoms with E-state index in [4.69, 9.17) is 9.52 Å². The molecule has 146 valence electrons. The number of aryl methyl sites for hydroxylation is 2. The third-order valence-electron chi connectivity index (χ3n) is 5.02. The highest BCUT2D eigenvalue weighted by Gasteiger charge is 2.20. The van der Waals surface area contributed by atoms with E-state index in [1.807, 2.05) is 6.07 Å². The van der Waals surface area contributed by atoms with E-state index >= 15 is 0 Å². The maximum atomic E-state index is 4.93. The normalized spacial score (nSPS) is 16.0. The number of hydrogen-bond acceptors (Lipinski definition) is 4. The predicted molar refractivity (Wildman–Crippen MR) is 109 cm³/mol. The first-order valence-corrected chi connectivity index (χ1v) is 9.86. The summed E-state index contributed by atoms with van der Waals surface area (Å²) in [6, 6.07) is 8.60. The molecule has 0 atom stereocenters. The summed E-state index contributed by atoms with van der Waals surface area (Å²) >= 11 is 0. The first-order chi connectivity index (χ1) is 13.2.